The topological polar surface area (TPSA) is 69.8 Å². The van der Waals surface area contributed by atoms with E-state index in [2.05, 4.69) is 4.90 Å². The lowest BCUT2D eigenvalue weighted by molar-refractivity contribution is -0.138. The standard InChI is InChI=1S/C14H20FN3O2/c1-17-4-6-18(7-5-17)13-3-2-10(8-12(13)15)11(9-16)14(19)20/h2-3,8,11H,4-7,9,16H2,1H3,(H,19,20). The summed E-state index contributed by atoms with van der Waals surface area (Å²) in [7, 11) is 2.04. The van der Waals surface area contributed by atoms with E-state index >= 15 is 0 Å². The van der Waals surface area contributed by atoms with Gasteiger partial charge in [0.05, 0.1) is 11.6 Å². The molecule has 1 aromatic rings. The van der Waals surface area contributed by atoms with Crippen molar-refractivity contribution in [1.82, 2.24) is 4.90 Å². The van der Waals surface area contributed by atoms with Crippen LogP contribution >= 0.6 is 0 Å². The minimum atomic E-state index is -1.03. The summed E-state index contributed by atoms with van der Waals surface area (Å²) in [4.78, 5) is 15.2. The minimum absolute atomic E-state index is 0.0391. The molecule has 1 fully saturated rings. The van der Waals surface area contributed by atoms with Gasteiger partial charge in [-0.2, -0.15) is 0 Å². The van der Waals surface area contributed by atoms with Crippen LogP contribution in [-0.2, 0) is 4.79 Å². The van der Waals surface area contributed by atoms with Crippen molar-refractivity contribution < 1.29 is 14.3 Å². The second-order valence-corrected chi connectivity index (χ2v) is 5.13. The van der Waals surface area contributed by atoms with Crippen LogP contribution in [0.5, 0.6) is 0 Å². The number of benzene rings is 1. The SMILES string of the molecule is CN1CCN(c2ccc(C(CN)C(=O)O)cc2F)CC1. The van der Waals surface area contributed by atoms with Crippen LogP contribution in [0.15, 0.2) is 18.2 Å². The third-order valence-electron chi connectivity index (χ3n) is 3.75. The van der Waals surface area contributed by atoms with Gasteiger partial charge in [-0.25, -0.2) is 4.39 Å². The first kappa shape index (κ1) is 14.7. The predicted molar refractivity (Wildman–Crippen MR) is 75.5 cm³/mol. The highest BCUT2D eigenvalue weighted by atomic mass is 19.1. The Bertz CT molecular complexity index is 487. The molecule has 1 saturated heterocycles. The fraction of sp³-hybridized carbons (Fsp3) is 0.500. The number of nitrogens with two attached hydrogens (primary N) is 1. The average Bonchev–Trinajstić information content (AvgIpc) is 2.41. The highest BCUT2D eigenvalue weighted by Gasteiger charge is 2.22. The minimum Gasteiger partial charge on any atom is -0.481 e. The van der Waals surface area contributed by atoms with Crippen molar-refractivity contribution >= 4 is 11.7 Å². The van der Waals surface area contributed by atoms with Crippen molar-refractivity contribution in [2.45, 2.75) is 5.92 Å². The highest BCUT2D eigenvalue weighted by Crippen LogP contribution is 2.25. The fourth-order valence-corrected chi connectivity index (χ4v) is 2.42. The zero-order valence-electron chi connectivity index (χ0n) is 11.6. The van der Waals surface area contributed by atoms with Gasteiger partial charge in [-0.05, 0) is 24.7 Å². The molecule has 20 heavy (non-hydrogen) atoms. The first-order valence-corrected chi connectivity index (χ1v) is 6.68. The van der Waals surface area contributed by atoms with E-state index in [0.29, 0.717) is 11.3 Å². The van der Waals surface area contributed by atoms with Crippen molar-refractivity contribution in [3.63, 3.8) is 0 Å². The van der Waals surface area contributed by atoms with Crippen LogP contribution in [0.4, 0.5) is 10.1 Å². The normalized spacial score (nSPS) is 18.1. The molecule has 1 aliphatic heterocycles. The second kappa shape index (κ2) is 6.19. The zero-order chi connectivity index (χ0) is 14.7. The molecule has 1 heterocycles. The molecule has 0 bridgehead atoms. The van der Waals surface area contributed by atoms with Gasteiger partial charge in [0.15, 0.2) is 0 Å². The van der Waals surface area contributed by atoms with Gasteiger partial charge in [-0.3, -0.25) is 4.79 Å². The van der Waals surface area contributed by atoms with Crippen LogP contribution < -0.4 is 10.6 Å². The first-order valence-electron chi connectivity index (χ1n) is 6.68. The number of halogens is 1. The summed E-state index contributed by atoms with van der Waals surface area (Å²) >= 11 is 0. The van der Waals surface area contributed by atoms with Crippen LogP contribution in [0.1, 0.15) is 11.5 Å². The van der Waals surface area contributed by atoms with Gasteiger partial charge < -0.3 is 20.6 Å². The molecule has 1 aromatic carbocycles. The van der Waals surface area contributed by atoms with Gasteiger partial charge in [-0.1, -0.05) is 6.07 Å². The van der Waals surface area contributed by atoms with Crippen molar-refractivity contribution in [3.05, 3.63) is 29.6 Å². The van der Waals surface area contributed by atoms with Crippen LogP contribution in [-0.4, -0.2) is 55.7 Å². The molecule has 3 N–H and O–H groups in total. The van der Waals surface area contributed by atoms with Crippen molar-refractivity contribution in [2.24, 2.45) is 5.73 Å². The molecule has 110 valence electrons. The summed E-state index contributed by atoms with van der Waals surface area (Å²) in [5, 5.41) is 9.05. The monoisotopic (exact) mass is 281 g/mol. The third-order valence-corrected chi connectivity index (χ3v) is 3.75. The predicted octanol–water partition coefficient (Wildman–Crippen LogP) is 0.704. The molecule has 0 aromatic heterocycles. The number of hydrogen-bond donors (Lipinski definition) is 2. The molecule has 1 atom stereocenters. The Labute approximate surface area is 117 Å². The Kier molecular flexibility index (Phi) is 4.57. The number of rotatable bonds is 4. The van der Waals surface area contributed by atoms with Crippen LogP contribution in [0.2, 0.25) is 0 Å². The molecular formula is C14H20FN3O2. The Morgan fingerprint density at radius 1 is 1.40 bits per heavy atom. The van der Waals surface area contributed by atoms with E-state index < -0.39 is 11.9 Å². The quantitative estimate of drug-likeness (QED) is 0.850. The number of nitrogens with zero attached hydrogens (tertiary/aromatic N) is 2. The maximum absolute atomic E-state index is 14.2. The van der Waals surface area contributed by atoms with Gasteiger partial charge in [0.2, 0.25) is 0 Å². The molecule has 1 aliphatic rings. The smallest absolute Gasteiger partial charge is 0.312 e. The summed E-state index contributed by atoms with van der Waals surface area (Å²) in [5.74, 6) is -2.27. The Balaban J connectivity index is 2.19. The molecule has 5 nitrogen and oxygen atoms in total. The summed E-state index contributed by atoms with van der Waals surface area (Å²) in [6.07, 6.45) is 0. The Morgan fingerprint density at radius 3 is 2.55 bits per heavy atom. The molecule has 6 heteroatoms. The summed E-state index contributed by atoms with van der Waals surface area (Å²) in [6, 6.07) is 4.60. The van der Waals surface area contributed by atoms with Gasteiger partial charge in [0.25, 0.3) is 0 Å². The van der Waals surface area contributed by atoms with Crippen molar-refractivity contribution in [1.29, 1.82) is 0 Å². The van der Waals surface area contributed by atoms with E-state index in [4.69, 9.17) is 10.8 Å². The summed E-state index contributed by atoms with van der Waals surface area (Å²) in [5.41, 5.74) is 6.38. The van der Waals surface area contributed by atoms with Crippen molar-refractivity contribution in [2.75, 3.05) is 44.7 Å². The highest BCUT2D eigenvalue weighted by molar-refractivity contribution is 5.76. The lowest BCUT2D eigenvalue weighted by Crippen LogP contribution is -2.44. The molecule has 2 rings (SSSR count). The second-order valence-electron chi connectivity index (χ2n) is 5.13. The zero-order valence-corrected chi connectivity index (χ0v) is 11.6. The Hall–Kier alpha value is -1.66. The van der Waals surface area contributed by atoms with Crippen LogP contribution in [0.3, 0.4) is 0 Å². The first-order chi connectivity index (χ1) is 9.52. The third kappa shape index (κ3) is 3.08. The van der Waals surface area contributed by atoms with Gasteiger partial charge in [0.1, 0.15) is 5.82 Å². The maximum atomic E-state index is 14.2. The molecule has 0 amide bonds. The Morgan fingerprint density at radius 2 is 2.05 bits per heavy atom. The van der Waals surface area contributed by atoms with Gasteiger partial charge >= 0.3 is 5.97 Å². The number of carboxylic acids is 1. The number of anilines is 1. The molecule has 0 saturated carbocycles. The van der Waals surface area contributed by atoms with E-state index in [1.54, 1.807) is 12.1 Å². The van der Waals surface area contributed by atoms with Crippen LogP contribution in [0.25, 0.3) is 0 Å². The van der Waals surface area contributed by atoms with Crippen molar-refractivity contribution in [3.8, 4) is 0 Å². The number of likely N-dealkylation sites (N-methyl/N-ethyl adjacent to an activating group) is 1. The maximum Gasteiger partial charge on any atom is 0.312 e. The van der Waals surface area contributed by atoms with E-state index in [-0.39, 0.29) is 12.4 Å². The molecule has 0 radical (unpaired) electrons. The lowest BCUT2D eigenvalue weighted by atomic mass is 9.98. The number of carboxylic acid groups (broad SMARTS) is 1. The van der Waals surface area contributed by atoms with Gasteiger partial charge in [-0.15, -0.1) is 0 Å². The number of aliphatic carboxylic acids is 1. The number of carbonyl (C=O) groups is 1. The average molecular weight is 281 g/mol. The molecular weight excluding hydrogens is 261 g/mol. The fourth-order valence-electron chi connectivity index (χ4n) is 2.42. The molecule has 0 aliphatic carbocycles. The summed E-state index contributed by atoms with van der Waals surface area (Å²) in [6.45, 7) is 3.28. The van der Waals surface area contributed by atoms with E-state index in [9.17, 15) is 9.18 Å². The van der Waals surface area contributed by atoms with E-state index in [1.807, 2.05) is 11.9 Å². The lowest BCUT2D eigenvalue weighted by Gasteiger charge is -2.34. The van der Waals surface area contributed by atoms with E-state index in [1.165, 1.54) is 6.07 Å². The van der Waals surface area contributed by atoms with E-state index in [0.717, 1.165) is 26.2 Å². The molecule has 0 spiro atoms. The molecule has 1 unspecified atom stereocenters. The number of hydrogen-bond acceptors (Lipinski definition) is 4. The van der Waals surface area contributed by atoms with Crippen LogP contribution in [0, 0.1) is 5.82 Å². The number of piperazine rings is 1. The largest absolute Gasteiger partial charge is 0.481 e. The summed E-state index contributed by atoms with van der Waals surface area (Å²) < 4.78 is 14.2. The van der Waals surface area contributed by atoms with Gasteiger partial charge in [0, 0.05) is 32.7 Å².